The SMILES string of the molecule is Cc1cc(OCC(=O)Nc2ccc(N3CCCC3=O)cc2)ccc1[N+](=O)[O-]. The number of rotatable bonds is 6. The second-order valence-corrected chi connectivity index (χ2v) is 6.24. The number of nitrogens with one attached hydrogen (secondary N) is 1. The molecule has 0 unspecified atom stereocenters. The van der Waals surface area contributed by atoms with Gasteiger partial charge in [-0.15, -0.1) is 0 Å². The van der Waals surface area contributed by atoms with Gasteiger partial charge in [-0.25, -0.2) is 0 Å². The molecule has 1 heterocycles. The average molecular weight is 369 g/mol. The van der Waals surface area contributed by atoms with Crippen LogP contribution in [-0.4, -0.2) is 29.9 Å². The molecule has 1 fully saturated rings. The number of hydrogen-bond donors (Lipinski definition) is 1. The van der Waals surface area contributed by atoms with E-state index in [0.29, 0.717) is 30.0 Å². The molecule has 0 saturated carbocycles. The largest absolute Gasteiger partial charge is 0.484 e. The lowest BCUT2D eigenvalue weighted by Gasteiger charge is -2.16. The van der Waals surface area contributed by atoms with Crippen molar-refractivity contribution in [2.45, 2.75) is 19.8 Å². The summed E-state index contributed by atoms with van der Waals surface area (Å²) < 4.78 is 5.39. The van der Waals surface area contributed by atoms with Gasteiger partial charge >= 0.3 is 0 Å². The monoisotopic (exact) mass is 369 g/mol. The lowest BCUT2D eigenvalue weighted by Crippen LogP contribution is -2.23. The van der Waals surface area contributed by atoms with Crippen molar-refractivity contribution in [1.82, 2.24) is 0 Å². The maximum Gasteiger partial charge on any atom is 0.272 e. The number of hydrogen-bond acceptors (Lipinski definition) is 5. The quantitative estimate of drug-likeness (QED) is 0.623. The summed E-state index contributed by atoms with van der Waals surface area (Å²) in [5.74, 6) is 0.144. The van der Waals surface area contributed by atoms with Gasteiger partial charge in [-0.1, -0.05) is 0 Å². The van der Waals surface area contributed by atoms with Crippen molar-refractivity contribution in [3.05, 3.63) is 58.1 Å². The van der Waals surface area contributed by atoms with Gasteiger partial charge in [0.15, 0.2) is 6.61 Å². The van der Waals surface area contributed by atoms with Crippen LogP contribution < -0.4 is 15.0 Å². The van der Waals surface area contributed by atoms with E-state index in [2.05, 4.69) is 5.32 Å². The molecular formula is C19H19N3O5. The molecule has 3 rings (SSSR count). The highest BCUT2D eigenvalue weighted by atomic mass is 16.6. The van der Waals surface area contributed by atoms with Crippen LogP contribution in [0.5, 0.6) is 5.75 Å². The van der Waals surface area contributed by atoms with Crippen molar-refractivity contribution in [1.29, 1.82) is 0 Å². The number of nitro benzene ring substituents is 1. The number of nitrogens with zero attached hydrogens (tertiary/aromatic N) is 2. The van der Waals surface area contributed by atoms with Gasteiger partial charge in [0, 0.05) is 36.0 Å². The van der Waals surface area contributed by atoms with Gasteiger partial charge in [0.2, 0.25) is 5.91 Å². The number of amides is 2. The molecule has 1 N–H and O–H groups in total. The first-order valence-electron chi connectivity index (χ1n) is 8.52. The summed E-state index contributed by atoms with van der Waals surface area (Å²) >= 11 is 0. The molecule has 1 saturated heterocycles. The summed E-state index contributed by atoms with van der Waals surface area (Å²) in [4.78, 5) is 35.8. The molecule has 0 spiro atoms. The minimum atomic E-state index is -0.467. The Kier molecular flexibility index (Phi) is 5.35. The molecule has 8 heteroatoms. The van der Waals surface area contributed by atoms with Crippen molar-refractivity contribution >= 4 is 28.9 Å². The molecule has 0 bridgehead atoms. The number of aryl methyl sites for hydroxylation is 1. The fourth-order valence-electron chi connectivity index (χ4n) is 2.91. The molecule has 0 atom stereocenters. The van der Waals surface area contributed by atoms with E-state index in [-0.39, 0.29) is 24.1 Å². The minimum Gasteiger partial charge on any atom is -0.484 e. The minimum absolute atomic E-state index is 0.00313. The zero-order valence-electron chi connectivity index (χ0n) is 14.8. The van der Waals surface area contributed by atoms with E-state index in [1.807, 2.05) is 0 Å². The van der Waals surface area contributed by atoms with Crippen LogP contribution in [0.4, 0.5) is 17.1 Å². The normalized spacial score (nSPS) is 13.5. The summed E-state index contributed by atoms with van der Waals surface area (Å²) in [5, 5.41) is 13.5. The van der Waals surface area contributed by atoms with Gasteiger partial charge in [-0.05, 0) is 49.7 Å². The highest BCUT2D eigenvalue weighted by molar-refractivity contribution is 5.96. The maximum atomic E-state index is 12.0. The Morgan fingerprint density at radius 1 is 1.26 bits per heavy atom. The first-order chi connectivity index (χ1) is 12.9. The Bertz CT molecular complexity index is 879. The number of nitro groups is 1. The molecule has 2 aromatic carbocycles. The molecule has 1 aliphatic rings. The number of carbonyl (C=O) groups excluding carboxylic acids is 2. The molecule has 0 aromatic heterocycles. The number of benzene rings is 2. The third kappa shape index (κ3) is 4.41. The van der Waals surface area contributed by atoms with Crippen LogP contribution >= 0.6 is 0 Å². The molecule has 8 nitrogen and oxygen atoms in total. The Labute approximate surface area is 155 Å². The van der Waals surface area contributed by atoms with E-state index in [9.17, 15) is 19.7 Å². The molecule has 140 valence electrons. The van der Waals surface area contributed by atoms with Gasteiger partial charge in [0.1, 0.15) is 5.75 Å². The second-order valence-electron chi connectivity index (χ2n) is 6.24. The summed E-state index contributed by atoms with van der Waals surface area (Å²) in [6, 6.07) is 11.4. The van der Waals surface area contributed by atoms with Crippen LogP contribution in [0.15, 0.2) is 42.5 Å². The number of ether oxygens (including phenoxy) is 1. The van der Waals surface area contributed by atoms with Gasteiger partial charge in [0.05, 0.1) is 4.92 Å². The van der Waals surface area contributed by atoms with Crippen LogP contribution in [0.1, 0.15) is 18.4 Å². The van der Waals surface area contributed by atoms with Crippen molar-refractivity contribution in [2.24, 2.45) is 0 Å². The fraction of sp³-hybridized carbons (Fsp3) is 0.263. The summed E-state index contributed by atoms with van der Waals surface area (Å²) in [5.41, 5.74) is 1.88. The zero-order valence-corrected chi connectivity index (χ0v) is 14.8. The maximum absolute atomic E-state index is 12.0. The van der Waals surface area contributed by atoms with E-state index in [0.717, 1.165) is 12.1 Å². The van der Waals surface area contributed by atoms with Crippen LogP contribution in [0, 0.1) is 17.0 Å². The highest BCUT2D eigenvalue weighted by Gasteiger charge is 2.21. The predicted molar refractivity (Wildman–Crippen MR) is 100.0 cm³/mol. The van der Waals surface area contributed by atoms with Gasteiger partial charge in [-0.2, -0.15) is 0 Å². The molecule has 27 heavy (non-hydrogen) atoms. The molecule has 0 radical (unpaired) electrons. The van der Waals surface area contributed by atoms with Crippen molar-refractivity contribution < 1.29 is 19.2 Å². The van der Waals surface area contributed by atoms with E-state index < -0.39 is 4.92 Å². The van der Waals surface area contributed by atoms with Crippen LogP contribution in [-0.2, 0) is 9.59 Å². The zero-order chi connectivity index (χ0) is 19.4. The summed E-state index contributed by atoms with van der Waals surface area (Å²) in [6.07, 6.45) is 1.43. The lowest BCUT2D eigenvalue weighted by molar-refractivity contribution is -0.385. The Morgan fingerprint density at radius 3 is 2.59 bits per heavy atom. The number of carbonyl (C=O) groups is 2. The first-order valence-corrected chi connectivity index (χ1v) is 8.52. The lowest BCUT2D eigenvalue weighted by atomic mass is 10.2. The highest BCUT2D eigenvalue weighted by Crippen LogP contribution is 2.24. The van der Waals surface area contributed by atoms with E-state index in [4.69, 9.17) is 4.74 Å². The smallest absolute Gasteiger partial charge is 0.272 e. The van der Waals surface area contributed by atoms with Gasteiger partial charge in [0.25, 0.3) is 11.6 Å². The third-order valence-electron chi connectivity index (χ3n) is 4.27. The third-order valence-corrected chi connectivity index (χ3v) is 4.27. The van der Waals surface area contributed by atoms with Crippen LogP contribution in [0.3, 0.4) is 0 Å². The van der Waals surface area contributed by atoms with Gasteiger partial charge in [-0.3, -0.25) is 19.7 Å². The van der Waals surface area contributed by atoms with E-state index in [1.165, 1.54) is 18.2 Å². The Morgan fingerprint density at radius 2 is 2.00 bits per heavy atom. The predicted octanol–water partition coefficient (Wildman–Crippen LogP) is 3.05. The molecular weight excluding hydrogens is 350 g/mol. The Hall–Kier alpha value is -3.42. The van der Waals surface area contributed by atoms with Gasteiger partial charge < -0.3 is 15.0 Å². The van der Waals surface area contributed by atoms with Crippen molar-refractivity contribution in [3.8, 4) is 5.75 Å². The van der Waals surface area contributed by atoms with E-state index >= 15 is 0 Å². The standard InChI is InChI=1S/C19H19N3O5/c1-13-11-16(8-9-17(13)22(25)26)27-12-18(23)20-14-4-6-15(7-5-14)21-10-2-3-19(21)24/h4-9,11H,2-3,10,12H2,1H3,(H,20,23). The topological polar surface area (TPSA) is 102 Å². The first kappa shape index (κ1) is 18.4. The van der Waals surface area contributed by atoms with Crippen molar-refractivity contribution in [3.63, 3.8) is 0 Å². The van der Waals surface area contributed by atoms with Crippen LogP contribution in [0.25, 0.3) is 0 Å². The fourth-order valence-corrected chi connectivity index (χ4v) is 2.91. The molecule has 2 amide bonds. The molecule has 2 aromatic rings. The van der Waals surface area contributed by atoms with E-state index in [1.54, 1.807) is 36.1 Å². The van der Waals surface area contributed by atoms with Crippen molar-refractivity contribution in [2.75, 3.05) is 23.4 Å². The summed E-state index contributed by atoms with van der Waals surface area (Å²) in [7, 11) is 0. The average Bonchev–Trinajstić information content (AvgIpc) is 3.06. The molecule has 0 aliphatic carbocycles. The van der Waals surface area contributed by atoms with Crippen LogP contribution in [0.2, 0.25) is 0 Å². The number of anilines is 2. The molecule has 1 aliphatic heterocycles. The summed E-state index contributed by atoms with van der Waals surface area (Å²) in [6.45, 7) is 2.11. The Balaban J connectivity index is 1.54. The second kappa shape index (κ2) is 7.86.